The van der Waals surface area contributed by atoms with E-state index in [2.05, 4.69) is 10.6 Å². The first kappa shape index (κ1) is 16.1. The van der Waals surface area contributed by atoms with Crippen molar-refractivity contribution in [2.45, 2.75) is 46.2 Å². The molecule has 0 spiro atoms. The lowest BCUT2D eigenvalue weighted by Gasteiger charge is -2.38. The van der Waals surface area contributed by atoms with Gasteiger partial charge in [-0.25, -0.2) is 4.79 Å². The summed E-state index contributed by atoms with van der Waals surface area (Å²) in [4.78, 5) is 23.2. The molecule has 6 heteroatoms. The van der Waals surface area contributed by atoms with Crippen molar-refractivity contribution in [3.05, 3.63) is 24.2 Å². The number of rotatable bonds is 5. The smallest absolute Gasteiger partial charge is 0.315 e. The quantitative estimate of drug-likeness (QED) is 0.773. The molecule has 0 aliphatic heterocycles. The second kappa shape index (κ2) is 5.56. The first-order valence-electron chi connectivity index (χ1n) is 6.43. The van der Waals surface area contributed by atoms with E-state index >= 15 is 0 Å². The largest absolute Gasteiger partial charge is 0.481 e. The molecule has 0 saturated carbocycles. The molecule has 0 saturated heterocycles. The number of urea groups is 1. The van der Waals surface area contributed by atoms with Gasteiger partial charge in [-0.3, -0.25) is 4.79 Å². The van der Waals surface area contributed by atoms with Crippen molar-refractivity contribution in [1.82, 2.24) is 10.6 Å². The van der Waals surface area contributed by atoms with Crippen LogP contribution in [0.2, 0.25) is 0 Å². The summed E-state index contributed by atoms with van der Waals surface area (Å²) in [6, 6.07) is 2.77. The molecule has 1 unspecified atom stereocenters. The minimum absolute atomic E-state index is 0.297. The highest BCUT2D eigenvalue weighted by Gasteiger charge is 2.44. The van der Waals surface area contributed by atoms with Crippen molar-refractivity contribution in [3.8, 4) is 0 Å². The fourth-order valence-electron chi connectivity index (χ4n) is 1.55. The fourth-order valence-corrected chi connectivity index (χ4v) is 1.55. The molecule has 2 amide bonds. The van der Waals surface area contributed by atoms with Crippen molar-refractivity contribution in [1.29, 1.82) is 0 Å². The summed E-state index contributed by atoms with van der Waals surface area (Å²) in [6.07, 6.45) is 1.53. The van der Waals surface area contributed by atoms with Gasteiger partial charge in [0.25, 0.3) is 0 Å². The summed E-state index contributed by atoms with van der Waals surface area (Å²) in [7, 11) is 0. The standard InChI is InChI=1S/C14H22N2O4/c1-9(10-7-6-8-20-10)15-12(19)16-14(4,5)13(2,3)11(17)18/h6-9H,1-5H3,(H,17,18)(H2,15,16,19). The number of amides is 2. The molecule has 1 heterocycles. The average molecular weight is 282 g/mol. The van der Waals surface area contributed by atoms with Gasteiger partial charge in [-0.2, -0.15) is 0 Å². The minimum Gasteiger partial charge on any atom is -0.481 e. The van der Waals surface area contributed by atoms with Crippen molar-refractivity contribution in [3.63, 3.8) is 0 Å². The maximum atomic E-state index is 12.0. The maximum Gasteiger partial charge on any atom is 0.315 e. The average Bonchev–Trinajstić information content (AvgIpc) is 2.80. The van der Waals surface area contributed by atoms with Gasteiger partial charge in [-0.15, -0.1) is 0 Å². The van der Waals surface area contributed by atoms with Gasteiger partial charge in [-0.1, -0.05) is 0 Å². The van der Waals surface area contributed by atoms with Crippen molar-refractivity contribution < 1.29 is 19.1 Å². The number of hydrogen-bond acceptors (Lipinski definition) is 3. The Balaban J connectivity index is 2.68. The van der Waals surface area contributed by atoms with Crippen molar-refractivity contribution in [2.75, 3.05) is 0 Å². The number of carboxylic acids is 1. The molecule has 0 aromatic carbocycles. The molecule has 0 bridgehead atoms. The Kier molecular flexibility index (Phi) is 4.47. The highest BCUT2D eigenvalue weighted by atomic mass is 16.4. The number of carbonyl (C=O) groups excluding carboxylic acids is 1. The lowest BCUT2D eigenvalue weighted by molar-refractivity contribution is -0.150. The molecular formula is C14H22N2O4. The highest BCUT2D eigenvalue weighted by molar-refractivity contribution is 5.79. The van der Waals surface area contributed by atoms with E-state index in [9.17, 15) is 14.7 Å². The molecule has 20 heavy (non-hydrogen) atoms. The van der Waals surface area contributed by atoms with E-state index in [-0.39, 0.29) is 6.04 Å². The van der Waals surface area contributed by atoms with Crippen LogP contribution in [0.15, 0.2) is 22.8 Å². The number of nitrogens with one attached hydrogen (secondary N) is 2. The number of furan rings is 1. The lowest BCUT2D eigenvalue weighted by Crippen LogP contribution is -2.59. The van der Waals surface area contributed by atoms with E-state index in [4.69, 9.17) is 4.42 Å². The SMILES string of the molecule is CC(NC(=O)NC(C)(C)C(C)(C)C(=O)O)c1ccco1. The monoisotopic (exact) mass is 282 g/mol. The van der Waals surface area contributed by atoms with Gasteiger partial charge in [-0.05, 0) is 46.8 Å². The summed E-state index contributed by atoms with van der Waals surface area (Å²) >= 11 is 0. The molecule has 1 atom stereocenters. The van der Waals surface area contributed by atoms with Crippen molar-refractivity contribution >= 4 is 12.0 Å². The number of hydrogen-bond donors (Lipinski definition) is 3. The summed E-state index contributed by atoms with van der Waals surface area (Å²) in [5, 5.41) is 14.6. The van der Waals surface area contributed by atoms with Crippen LogP contribution in [0.4, 0.5) is 4.79 Å². The molecule has 0 aliphatic rings. The van der Waals surface area contributed by atoms with Crippen LogP contribution in [0.1, 0.15) is 46.4 Å². The van der Waals surface area contributed by atoms with E-state index in [1.54, 1.807) is 46.8 Å². The number of carboxylic acid groups (broad SMARTS) is 1. The Hall–Kier alpha value is -1.98. The summed E-state index contributed by atoms with van der Waals surface area (Å²) in [6.45, 7) is 8.29. The van der Waals surface area contributed by atoms with E-state index in [0.717, 1.165) is 0 Å². The molecule has 0 radical (unpaired) electrons. The van der Waals surface area contributed by atoms with E-state index in [1.165, 1.54) is 6.26 Å². The predicted molar refractivity (Wildman–Crippen MR) is 74.3 cm³/mol. The zero-order chi connectivity index (χ0) is 15.6. The molecule has 1 rings (SSSR count). The molecule has 3 N–H and O–H groups in total. The topological polar surface area (TPSA) is 91.6 Å². The fraction of sp³-hybridized carbons (Fsp3) is 0.571. The first-order valence-corrected chi connectivity index (χ1v) is 6.43. The Labute approximate surface area is 118 Å². The van der Waals surface area contributed by atoms with Gasteiger partial charge < -0.3 is 20.2 Å². The van der Waals surface area contributed by atoms with E-state index in [0.29, 0.717) is 5.76 Å². The highest BCUT2D eigenvalue weighted by Crippen LogP contribution is 2.30. The van der Waals surface area contributed by atoms with Crippen LogP contribution >= 0.6 is 0 Å². The third-order valence-corrected chi connectivity index (χ3v) is 3.84. The Bertz CT molecular complexity index is 477. The zero-order valence-corrected chi connectivity index (χ0v) is 12.5. The van der Waals surface area contributed by atoms with Gasteiger partial charge in [0, 0.05) is 0 Å². The normalized spacial score (nSPS) is 13.7. The summed E-state index contributed by atoms with van der Waals surface area (Å²) in [5.41, 5.74) is -2.01. The van der Waals surface area contributed by atoms with E-state index in [1.807, 2.05) is 0 Å². The third kappa shape index (κ3) is 3.31. The van der Waals surface area contributed by atoms with Gasteiger partial charge >= 0.3 is 12.0 Å². The van der Waals surface area contributed by atoms with Gasteiger partial charge in [0.15, 0.2) is 0 Å². The summed E-state index contributed by atoms with van der Waals surface area (Å²) in [5.74, 6) is -0.336. The van der Waals surface area contributed by atoms with E-state index < -0.39 is 23.0 Å². The zero-order valence-electron chi connectivity index (χ0n) is 12.5. The van der Waals surface area contributed by atoms with Crippen LogP contribution in [0.25, 0.3) is 0 Å². The van der Waals surface area contributed by atoms with Gasteiger partial charge in [0.2, 0.25) is 0 Å². The lowest BCUT2D eigenvalue weighted by atomic mass is 9.74. The van der Waals surface area contributed by atoms with Crippen LogP contribution in [-0.2, 0) is 4.79 Å². The minimum atomic E-state index is -1.10. The van der Waals surface area contributed by atoms with Gasteiger partial charge in [0.1, 0.15) is 5.76 Å². The third-order valence-electron chi connectivity index (χ3n) is 3.84. The van der Waals surface area contributed by atoms with Crippen molar-refractivity contribution in [2.24, 2.45) is 5.41 Å². The Morgan fingerprint density at radius 1 is 1.30 bits per heavy atom. The molecule has 112 valence electrons. The Morgan fingerprint density at radius 2 is 1.90 bits per heavy atom. The van der Waals surface area contributed by atoms with Crippen LogP contribution < -0.4 is 10.6 Å². The molecule has 0 fully saturated rings. The second-order valence-corrected chi connectivity index (χ2v) is 5.89. The number of aliphatic carboxylic acids is 1. The molecule has 1 aromatic rings. The van der Waals surface area contributed by atoms with Crippen LogP contribution in [-0.4, -0.2) is 22.6 Å². The predicted octanol–water partition coefficient (Wildman–Crippen LogP) is 2.53. The number of carbonyl (C=O) groups is 2. The van der Waals surface area contributed by atoms with Crippen LogP contribution in [0.5, 0.6) is 0 Å². The van der Waals surface area contributed by atoms with Gasteiger partial charge in [0.05, 0.1) is 23.3 Å². The van der Waals surface area contributed by atoms with Crippen LogP contribution in [0.3, 0.4) is 0 Å². The first-order chi connectivity index (χ1) is 9.08. The second-order valence-electron chi connectivity index (χ2n) is 5.89. The molecular weight excluding hydrogens is 260 g/mol. The maximum absolute atomic E-state index is 12.0. The Morgan fingerprint density at radius 3 is 2.35 bits per heavy atom. The molecule has 6 nitrogen and oxygen atoms in total. The van der Waals surface area contributed by atoms with Crippen LogP contribution in [0, 0.1) is 5.41 Å². The molecule has 1 aromatic heterocycles. The summed E-state index contributed by atoms with van der Waals surface area (Å²) < 4.78 is 5.20. The molecule has 0 aliphatic carbocycles.